The molecule has 0 saturated carbocycles. The second kappa shape index (κ2) is 10.6. The number of primary amides is 1. The van der Waals surface area contributed by atoms with Gasteiger partial charge in [-0.15, -0.1) is 16.8 Å². The average Bonchev–Trinajstić information content (AvgIpc) is 3.14. The highest BCUT2D eigenvalue weighted by Crippen LogP contribution is 2.20. The van der Waals surface area contributed by atoms with Crippen molar-refractivity contribution in [1.82, 2.24) is 14.8 Å². The second-order valence-corrected chi connectivity index (χ2v) is 7.70. The number of rotatable bonds is 10. The number of ether oxygens (including phenoxy) is 1. The van der Waals surface area contributed by atoms with E-state index in [-0.39, 0.29) is 18.3 Å². The molecule has 2 amide bonds. The predicted molar refractivity (Wildman–Crippen MR) is 120 cm³/mol. The number of hydrogen-bond acceptors (Lipinski definition) is 6. The van der Waals surface area contributed by atoms with Crippen molar-refractivity contribution in [3.63, 3.8) is 0 Å². The average molecular weight is 458 g/mol. The fourth-order valence-corrected chi connectivity index (χ4v) is 3.46. The molecule has 0 aliphatic carbocycles. The van der Waals surface area contributed by atoms with Crippen molar-refractivity contribution in [3.05, 3.63) is 77.6 Å². The molecule has 0 bridgehead atoms. The van der Waals surface area contributed by atoms with E-state index in [9.17, 15) is 9.59 Å². The summed E-state index contributed by atoms with van der Waals surface area (Å²) in [5.41, 5.74) is 6.16. The van der Waals surface area contributed by atoms with E-state index in [0.717, 1.165) is 0 Å². The van der Waals surface area contributed by atoms with Crippen LogP contribution in [0.25, 0.3) is 0 Å². The highest BCUT2D eigenvalue weighted by atomic mass is 35.5. The molecule has 1 aromatic heterocycles. The number of halogens is 1. The number of anilines is 1. The van der Waals surface area contributed by atoms with Gasteiger partial charge < -0.3 is 15.8 Å². The predicted octanol–water partition coefficient (Wildman–Crippen LogP) is 3.53. The number of nitrogens with two attached hydrogens (primary N) is 1. The van der Waals surface area contributed by atoms with Gasteiger partial charge in [0.15, 0.2) is 11.0 Å². The van der Waals surface area contributed by atoms with Gasteiger partial charge >= 0.3 is 0 Å². The van der Waals surface area contributed by atoms with Gasteiger partial charge in [0.2, 0.25) is 11.8 Å². The van der Waals surface area contributed by atoms with Gasteiger partial charge in [0.1, 0.15) is 12.4 Å². The molecule has 0 aliphatic rings. The normalized spacial score (nSPS) is 10.5. The topological polar surface area (TPSA) is 112 Å². The Labute approximate surface area is 188 Å². The van der Waals surface area contributed by atoms with Gasteiger partial charge in [-0.1, -0.05) is 29.4 Å². The summed E-state index contributed by atoms with van der Waals surface area (Å²) in [6.07, 6.45) is 1.72. The lowest BCUT2D eigenvalue weighted by Crippen LogP contribution is -2.15. The summed E-state index contributed by atoms with van der Waals surface area (Å²) in [4.78, 5) is 23.4. The molecule has 31 heavy (non-hydrogen) atoms. The zero-order valence-electron chi connectivity index (χ0n) is 16.5. The zero-order chi connectivity index (χ0) is 22.2. The molecule has 3 aromatic rings. The molecule has 0 fully saturated rings. The highest BCUT2D eigenvalue weighted by molar-refractivity contribution is 7.99. The van der Waals surface area contributed by atoms with Crippen LogP contribution in [0, 0.1) is 0 Å². The van der Waals surface area contributed by atoms with E-state index < -0.39 is 5.91 Å². The van der Waals surface area contributed by atoms with Crippen LogP contribution in [0.1, 0.15) is 16.2 Å². The number of carbonyl (C=O) groups is 2. The minimum absolute atomic E-state index is 0.130. The van der Waals surface area contributed by atoms with Gasteiger partial charge in [-0.3, -0.25) is 14.2 Å². The molecule has 0 aliphatic heterocycles. The standard InChI is InChI=1S/C21H20ClN5O3S/c1-2-11-27-18(12-30-17-9-5-15(22)6-10-17)25-26-21(27)31-13-19(28)24-16-7-3-14(4-8-16)20(23)29/h2-10H,1,11-13H2,(H2,23,29)(H,24,28). The third-order valence-electron chi connectivity index (χ3n) is 4.07. The summed E-state index contributed by atoms with van der Waals surface area (Å²) < 4.78 is 7.58. The van der Waals surface area contributed by atoms with Gasteiger partial charge in [-0.25, -0.2) is 0 Å². The van der Waals surface area contributed by atoms with E-state index in [2.05, 4.69) is 22.1 Å². The Hall–Kier alpha value is -3.30. The Morgan fingerprint density at radius 3 is 2.52 bits per heavy atom. The van der Waals surface area contributed by atoms with Crippen molar-refractivity contribution in [2.75, 3.05) is 11.1 Å². The van der Waals surface area contributed by atoms with Crippen LogP contribution in [-0.2, 0) is 17.9 Å². The van der Waals surface area contributed by atoms with Crippen molar-refractivity contribution in [2.45, 2.75) is 18.3 Å². The minimum atomic E-state index is -0.522. The first-order valence-electron chi connectivity index (χ1n) is 9.20. The first kappa shape index (κ1) is 22.4. The summed E-state index contributed by atoms with van der Waals surface area (Å²) in [5, 5.41) is 12.3. The number of aromatic nitrogens is 3. The van der Waals surface area contributed by atoms with Crippen LogP contribution in [0.5, 0.6) is 5.75 Å². The van der Waals surface area contributed by atoms with Crippen molar-refractivity contribution in [2.24, 2.45) is 5.73 Å². The van der Waals surface area contributed by atoms with Crippen LogP contribution in [-0.4, -0.2) is 32.3 Å². The van der Waals surface area contributed by atoms with Crippen LogP contribution >= 0.6 is 23.4 Å². The maximum Gasteiger partial charge on any atom is 0.248 e. The third-order valence-corrected chi connectivity index (χ3v) is 5.29. The van der Waals surface area contributed by atoms with Crippen molar-refractivity contribution >= 4 is 40.9 Å². The molecule has 2 aromatic carbocycles. The largest absolute Gasteiger partial charge is 0.486 e. The Kier molecular flexibility index (Phi) is 7.69. The summed E-state index contributed by atoms with van der Waals surface area (Å²) in [6, 6.07) is 13.4. The number of nitrogens with one attached hydrogen (secondary N) is 1. The maximum atomic E-state index is 12.3. The summed E-state index contributed by atoms with van der Waals surface area (Å²) in [7, 11) is 0. The lowest BCUT2D eigenvalue weighted by atomic mass is 10.2. The van der Waals surface area contributed by atoms with Crippen molar-refractivity contribution < 1.29 is 14.3 Å². The first-order chi connectivity index (χ1) is 15.0. The Morgan fingerprint density at radius 1 is 1.16 bits per heavy atom. The number of hydrogen-bond donors (Lipinski definition) is 2. The van der Waals surface area contributed by atoms with E-state index in [1.807, 2.05) is 4.57 Å². The fourth-order valence-electron chi connectivity index (χ4n) is 2.57. The molecule has 0 saturated heterocycles. The van der Waals surface area contributed by atoms with Gasteiger partial charge in [-0.05, 0) is 48.5 Å². The van der Waals surface area contributed by atoms with Crippen LogP contribution in [0.2, 0.25) is 5.02 Å². The smallest absolute Gasteiger partial charge is 0.248 e. The molecule has 0 radical (unpaired) electrons. The molecule has 160 valence electrons. The monoisotopic (exact) mass is 457 g/mol. The van der Waals surface area contributed by atoms with Crippen LogP contribution in [0.4, 0.5) is 5.69 Å². The van der Waals surface area contributed by atoms with E-state index in [1.165, 1.54) is 11.8 Å². The molecule has 1 heterocycles. The summed E-state index contributed by atoms with van der Waals surface area (Å²) in [5.74, 6) is 0.660. The molecule has 0 unspecified atom stereocenters. The Morgan fingerprint density at radius 2 is 1.87 bits per heavy atom. The molecule has 3 N–H and O–H groups in total. The lowest BCUT2D eigenvalue weighted by molar-refractivity contribution is -0.113. The first-order valence-corrected chi connectivity index (χ1v) is 10.6. The molecular weight excluding hydrogens is 438 g/mol. The maximum absolute atomic E-state index is 12.3. The lowest BCUT2D eigenvalue weighted by Gasteiger charge is -2.09. The van der Waals surface area contributed by atoms with Crippen molar-refractivity contribution in [1.29, 1.82) is 0 Å². The quantitative estimate of drug-likeness (QED) is 0.356. The molecular formula is C21H20ClN5O3S. The minimum Gasteiger partial charge on any atom is -0.486 e. The number of benzene rings is 2. The highest BCUT2D eigenvalue weighted by Gasteiger charge is 2.14. The SMILES string of the molecule is C=CCn1c(COc2ccc(Cl)cc2)nnc1SCC(=O)Nc1ccc(C(N)=O)cc1. The fraction of sp³-hybridized carbons (Fsp3) is 0.143. The number of nitrogens with zero attached hydrogens (tertiary/aromatic N) is 3. The van der Waals surface area contributed by atoms with Gasteiger partial charge in [0, 0.05) is 22.8 Å². The van der Waals surface area contributed by atoms with Crippen LogP contribution < -0.4 is 15.8 Å². The van der Waals surface area contributed by atoms with Crippen molar-refractivity contribution in [3.8, 4) is 5.75 Å². The Bertz CT molecular complexity index is 1070. The summed E-state index contributed by atoms with van der Waals surface area (Å²) >= 11 is 7.13. The number of thioether (sulfide) groups is 1. The van der Waals surface area contributed by atoms with E-state index in [4.69, 9.17) is 22.1 Å². The number of allylic oxidation sites excluding steroid dienone is 1. The zero-order valence-corrected chi connectivity index (χ0v) is 18.0. The molecule has 0 atom stereocenters. The van der Waals surface area contributed by atoms with Crippen LogP contribution in [0.3, 0.4) is 0 Å². The van der Waals surface area contributed by atoms with E-state index >= 15 is 0 Å². The van der Waals surface area contributed by atoms with Crippen LogP contribution in [0.15, 0.2) is 66.3 Å². The molecule has 3 rings (SSSR count). The van der Waals surface area contributed by atoms with E-state index in [1.54, 1.807) is 54.6 Å². The Balaban J connectivity index is 1.58. The van der Waals surface area contributed by atoms with Gasteiger partial charge in [0.25, 0.3) is 0 Å². The van der Waals surface area contributed by atoms with Gasteiger partial charge in [0.05, 0.1) is 5.75 Å². The second-order valence-electron chi connectivity index (χ2n) is 6.32. The summed E-state index contributed by atoms with van der Waals surface area (Å²) in [6.45, 7) is 4.45. The molecule has 0 spiro atoms. The number of amides is 2. The van der Waals surface area contributed by atoms with Gasteiger partial charge in [-0.2, -0.15) is 0 Å². The third kappa shape index (κ3) is 6.34. The molecule has 10 heteroatoms. The number of carbonyl (C=O) groups excluding carboxylic acids is 2. The van der Waals surface area contributed by atoms with E-state index in [0.29, 0.717) is 39.5 Å². The molecule has 8 nitrogen and oxygen atoms in total.